The number of anilines is 1. The second kappa shape index (κ2) is 5.14. The zero-order chi connectivity index (χ0) is 13.2. The van der Waals surface area contributed by atoms with Crippen LogP contribution in [0.5, 0.6) is 0 Å². The van der Waals surface area contributed by atoms with Crippen molar-refractivity contribution in [3.05, 3.63) is 28.5 Å². The minimum absolute atomic E-state index is 0.287. The molecule has 5 heteroatoms. The number of carbonyl (C=O) groups is 1. The lowest BCUT2D eigenvalue weighted by Crippen LogP contribution is -2.45. The van der Waals surface area contributed by atoms with E-state index in [0.29, 0.717) is 10.2 Å². The van der Waals surface area contributed by atoms with Gasteiger partial charge in [0.25, 0.3) is 0 Å². The predicted molar refractivity (Wildman–Crippen MR) is 70.2 cm³/mol. The lowest BCUT2D eigenvalue weighted by molar-refractivity contribution is -0.119. The standard InChI is InChI=1S/C12H16BrFN2O/c1-12(2,3)10(15)11(17)16-9-5-4-7(14)6-8(9)13/h4-6,10H,15H2,1-3H3,(H,16,17). The molecule has 0 saturated heterocycles. The molecule has 1 unspecified atom stereocenters. The van der Waals surface area contributed by atoms with Crippen molar-refractivity contribution in [3.8, 4) is 0 Å². The molecule has 1 aromatic rings. The average Bonchev–Trinajstić information content (AvgIpc) is 2.19. The first-order chi connectivity index (χ1) is 7.71. The molecule has 3 N–H and O–H groups in total. The van der Waals surface area contributed by atoms with Crippen molar-refractivity contribution >= 4 is 27.5 Å². The summed E-state index contributed by atoms with van der Waals surface area (Å²) < 4.78 is 13.4. The Balaban J connectivity index is 2.82. The molecule has 1 aromatic carbocycles. The number of nitrogens with one attached hydrogen (secondary N) is 1. The van der Waals surface area contributed by atoms with E-state index < -0.39 is 6.04 Å². The first kappa shape index (κ1) is 14.1. The third-order valence-corrected chi connectivity index (χ3v) is 3.06. The summed E-state index contributed by atoms with van der Waals surface area (Å²) >= 11 is 3.18. The Morgan fingerprint density at radius 2 is 2.06 bits per heavy atom. The summed E-state index contributed by atoms with van der Waals surface area (Å²) in [7, 11) is 0. The molecule has 0 aliphatic rings. The van der Waals surface area contributed by atoms with Gasteiger partial charge in [-0.3, -0.25) is 4.79 Å². The topological polar surface area (TPSA) is 55.1 Å². The zero-order valence-corrected chi connectivity index (χ0v) is 11.6. The van der Waals surface area contributed by atoms with E-state index in [-0.39, 0.29) is 17.1 Å². The van der Waals surface area contributed by atoms with E-state index in [2.05, 4.69) is 21.2 Å². The van der Waals surface area contributed by atoms with E-state index in [4.69, 9.17) is 5.73 Å². The second-order valence-electron chi connectivity index (χ2n) is 4.96. The van der Waals surface area contributed by atoms with E-state index in [0.717, 1.165) is 0 Å². The van der Waals surface area contributed by atoms with Gasteiger partial charge in [-0.2, -0.15) is 0 Å². The molecule has 0 aromatic heterocycles. The molecule has 3 nitrogen and oxygen atoms in total. The maximum Gasteiger partial charge on any atom is 0.241 e. The summed E-state index contributed by atoms with van der Waals surface area (Å²) in [4.78, 5) is 11.8. The summed E-state index contributed by atoms with van der Waals surface area (Å²) in [6.45, 7) is 5.66. The van der Waals surface area contributed by atoms with E-state index in [9.17, 15) is 9.18 Å². The normalized spacial score (nSPS) is 13.3. The van der Waals surface area contributed by atoms with Gasteiger partial charge in [0.2, 0.25) is 5.91 Å². The van der Waals surface area contributed by atoms with Crippen LogP contribution in [0.25, 0.3) is 0 Å². The number of carbonyl (C=O) groups excluding carboxylic acids is 1. The minimum Gasteiger partial charge on any atom is -0.324 e. The number of rotatable bonds is 2. The number of hydrogen-bond donors (Lipinski definition) is 2. The highest BCUT2D eigenvalue weighted by Crippen LogP contribution is 2.24. The van der Waals surface area contributed by atoms with Gasteiger partial charge in [-0.1, -0.05) is 20.8 Å². The lowest BCUT2D eigenvalue weighted by atomic mass is 9.87. The van der Waals surface area contributed by atoms with Gasteiger partial charge >= 0.3 is 0 Å². The van der Waals surface area contributed by atoms with Crippen molar-refractivity contribution in [2.45, 2.75) is 26.8 Å². The molecule has 17 heavy (non-hydrogen) atoms. The Labute approximate surface area is 109 Å². The Bertz CT molecular complexity index is 429. The van der Waals surface area contributed by atoms with Crippen LogP contribution in [-0.2, 0) is 4.79 Å². The maximum absolute atomic E-state index is 12.9. The summed E-state index contributed by atoms with van der Waals surface area (Å²) in [5.41, 5.74) is 6.01. The van der Waals surface area contributed by atoms with Crippen LogP contribution in [0.4, 0.5) is 10.1 Å². The largest absolute Gasteiger partial charge is 0.324 e. The number of nitrogens with two attached hydrogens (primary N) is 1. The monoisotopic (exact) mass is 302 g/mol. The van der Waals surface area contributed by atoms with Gasteiger partial charge in [0, 0.05) is 4.47 Å². The fourth-order valence-electron chi connectivity index (χ4n) is 1.19. The summed E-state index contributed by atoms with van der Waals surface area (Å²) in [6, 6.07) is 3.44. The molecule has 0 aliphatic heterocycles. The van der Waals surface area contributed by atoms with Crippen LogP contribution >= 0.6 is 15.9 Å². The van der Waals surface area contributed by atoms with E-state index in [1.807, 2.05) is 20.8 Å². The predicted octanol–water partition coefficient (Wildman–Crippen LogP) is 2.90. The number of benzene rings is 1. The molecule has 0 fully saturated rings. The Morgan fingerprint density at radius 1 is 1.47 bits per heavy atom. The first-order valence-electron chi connectivity index (χ1n) is 5.23. The molecule has 0 heterocycles. The van der Waals surface area contributed by atoms with Gasteiger partial charge in [0.05, 0.1) is 11.7 Å². The second-order valence-corrected chi connectivity index (χ2v) is 5.81. The van der Waals surface area contributed by atoms with E-state index >= 15 is 0 Å². The SMILES string of the molecule is CC(C)(C)C(N)C(=O)Nc1ccc(F)cc1Br. The Morgan fingerprint density at radius 3 is 2.53 bits per heavy atom. The van der Waals surface area contributed by atoms with Crippen molar-refractivity contribution in [2.24, 2.45) is 11.1 Å². The van der Waals surface area contributed by atoms with Gasteiger partial charge in [-0.15, -0.1) is 0 Å². The molecular weight excluding hydrogens is 287 g/mol. The molecule has 1 atom stereocenters. The molecule has 0 bridgehead atoms. The van der Waals surface area contributed by atoms with Crippen molar-refractivity contribution in [1.82, 2.24) is 0 Å². The third kappa shape index (κ3) is 3.78. The third-order valence-electron chi connectivity index (χ3n) is 2.40. The van der Waals surface area contributed by atoms with Crippen molar-refractivity contribution in [2.75, 3.05) is 5.32 Å². The Hall–Kier alpha value is -0.940. The summed E-state index contributed by atoms with van der Waals surface area (Å²) in [5.74, 6) is -0.653. The summed E-state index contributed by atoms with van der Waals surface area (Å²) in [6.07, 6.45) is 0. The molecule has 1 amide bonds. The van der Waals surface area contributed by atoms with Gasteiger partial charge in [0.1, 0.15) is 5.82 Å². The molecule has 0 spiro atoms. The number of hydrogen-bond acceptors (Lipinski definition) is 2. The number of halogens is 2. The first-order valence-corrected chi connectivity index (χ1v) is 6.02. The molecule has 0 aliphatic carbocycles. The van der Waals surface area contributed by atoms with Crippen molar-refractivity contribution in [1.29, 1.82) is 0 Å². The van der Waals surface area contributed by atoms with E-state index in [1.54, 1.807) is 0 Å². The minimum atomic E-state index is -0.626. The van der Waals surface area contributed by atoms with Crippen LogP contribution in [-0.4, -0.2) is 11.9 Å². The highest BCUT2D eigenvalue weighted by molar-refractivity contribution is 9.10. The quantitative estimate of drug-likeness (QED) is 0.882. The van der Waals surface area contributed by atoms with Crippen LogP contribution < -0.4 is 11.1 Å². The Kier molecular flexibility index (Phi) is 4.27. The van der Waals surface area contributed by atoms with Crippen molar-refractivity contribution in [3.63, 3.8) is 0 Å². The summed E-state index contributed by atoms with van der Waals surface area (Å²) in [5, 5.41) is 2.67. The van der Waals surface area contributed by atoms with Gasteiger partial charge < -0.3 is 11.1 Å². The lowest BCUT2D eigenvalue weighted by Gasteiger charge is -2.26. The zero-order valence-electron chi connectivity index (χ0n) is 10.1. The molecule has 0 radical (unpaired) electrons. The van der Waals surface area contributed by atoms with Crippen LogP contribution in [0.3, 0.4) is 0 Å². The van der Waals surface area contributed by atoms with Crippen LogP contribution in [0, 0.1) is 11.2 Å². The van der Waals surface area contributed by atoms with Gasteiger partial charge in [-0.05, 0) is 39.5 Å². The highest BCUT2D eigenvalue weighted by Gasteiger charge is 2.27. The van der Waals surface area contributed by atoms with Crippen LogP contribution in [0.2, 0.25) is 0 Å². The smallest absolute Gasteiger partial charge is 0.241 e. The van der Waals surface area contributed by atoms with E-state index in [1.165, 1.54) is 18.2 Å². The van der Waals surface area contributed by atoms with Crippen LogP contribution in [0.1, 0.15) is 20.8 Å². The van der Waals surface area contributed by atoms with Crippen molar-refractivity contribution < 1.29 is 9.18 Å². The number of amides is 1. The molecular formula is C12H16BrFN2O. The fourth-order valence-corrected chi connectivity index (χ4v) is 1.64. The molecule has 1 rings (SSSR count). The van der Waals surface area contributed by atoms with Crippen LogP contribution in [0.15, 0.2) is 22.7 Å². The maximum atomic E-state index is 12.9. The molecule has 0 saturated carbocycles. The molecule has 94 valence electrons. The average molecular weight is 303 g/mol. The highest BCUT2D eigenvalue weighted by atomic mass is 79.9. The van der Waals surface area contributed by atoms with Gasteiger partial charge in [0.15, 0.2) is 0 Å². The fraction of sp³-hybridized carbons (Fsp3) is 0.417. The van der Waals surface area contributed by atoms with Gasteiger partial charge in [-0.25, -0.2) is 4.39 Å².